The molecule has 1 unspecified atom stereocenters. The summed E-state index contributed by atoms with van der Waals surface area (Å²) in [6, 6.07) is 9.62. The molecule has 0 spiro atoms. The third-order valence-electron chi connectivity index (χ3n) is 10.9. The summed E-state index contributed by atoms with van der Waals surface area (Å²) >= 11 is 5.70. The first-order chi connectivity index (χ1) is 27.6. The number of hydrogen-bond donors (Lipinski definition) is 3. The van der Waals surface area contributed by atoms with Crippen LogP contribution in [0.1, 0.15) is 122 Å². The molecule has 10 nitrogen and oxygen atoms in total. The number of carbonyl (C=O) groups excluding carboxylic acids is 1. The molecule has 3 N–H and O–H groups in total. The average molecular weight is 843 g/mol. The molecule has 322 valence electrons. The van der Waals surface area contributed by atoms with E-state index in [-0.39, 0.29) is 22.1 Å². The Morgan fingerprint density at radius 3 is 2.38 bits per heavy atom. The van der Waals surface area contributed by atoms with Crippen LogP contribution in [0.5, 0.6) is 5.75 Å². The van der Waals surface area contributed by atoms with Crippen LogP contribution in [-0.2, 0) is 36.2 Å². The van der Waals surface area contributed by atoms with Crippen molar-refractivity contribution >= 4 is 39.0 Å². The molecule has 2 aromatic carbocycles. The van der Waals surface area contributed by atoms with E-state index in [4.69, 9.17) is 25.8 Å². The van der Waals surface area contributed by atoms with E-state index in [9.17, 15) is 17.8 Å². The molecule has 12 heteroatoms. The number of hydrogen-bond acceptors (Lipinski definition) is 8. The lowest BCUT2D eigenvalue weighted by molar-refractivity contribution is -0.121. The topological polar surface area (TPSA) is 126 Å². The lowest BCUT2D eigenvalue weighted by Crippen LogP contribution is -2.27. The van der Waals surface area contributed by atoms with Gasteiger partial charge < -0.3 is 29.7 Å². The van der Waals surface area contributed by atoms with Gasteiger partial charge in [0.2, 0.25) is 5.91 Å². The van der Waals surface area contributed by atoms with Crippen LogP contribution in [0, 0.1) is 5.41 Å². The Labute approximate surface area is 353 Å². The van der Waals surface area contributed by atoms with E-state index in [0.717, 1.165) is 103 Å². The number of ether oxygens (including phenoxy) is 3. The van der Waals surface area contributed by atoms with Gasteiger partial charge in [-0.1, -0.05) is 72.1 Å². The van der Waals surface area contributed by atoms with Crippen molar-refractivity contribution in [2.24, 2.45) is 5.41 Å². The Bertz CT molecular complexity index is 1860. The summed E-state index contributed by atoms with van der Waals surface area (Å²) in [6.45, 7) is 19.4. The fourth-order valence-electron chi connectivity index (χ4n) is 7.36. The van der Waals surface area contributed by atoms with Crippen LogP contribution < -0.4 is 20.3 Å². The van der Waals surface area contributed by atoms with Gasteiger partial charge in [-0.3, -0.25) is 9.35 Å². The molecule has 0 aliphatic carbocycles. The van der Waals surface area contributed by atoms with Gasteiger partial charge in [0.1, 0.15) is 11.5 Å². The second-order valence-electron chi connectivity index (χ2n) is 16.7. The number of aryl methyl sites for hydroxylation is 1. The standard InChI is InChI=1S/C46H68ClN3O7S/c1-8-50(9-2)36-22-23-38-34(31-42(45(3,4)5)57-40(38)32-36)19-17-20-41-46(6,7)39-33-37(58(52,53)54)30-35(44(39)49-41)18-13-12-14-21-43(51)48-25-27-56-29-28-55-26-16-11-10-15-24-47/h17,19-20,22-23,30-34,49H,8-16,18,21,24-29H2,1-7H3,(H,48,51)(H,52,53,54). The van der Waals surface area contributed by atoms with Crippen molar-refractivity contribution in [2.45, 2.75) is 122 Å². The molecule has 2 aliphatic rings. The fraction of sp³-hybridized carbons (Fsp3) is 0.587. The van der Waals surface area contributed by atoms with Crippen molar-refractivity contribution in [3.05, 3.63) is 82.8 Å². The Morgan fingerprint density at radius 2 is 1.69 bits per heavy atom. The van der Waals surface area contributed by atoms with Crippen LogP contribution in [0.2, 0.25) is 0 Å². The summed E-state index contributed by atoms with van der Waals surface area (Å²) in [6.07, 6.45) is 16.1. The van der Waals surface area contributed by atoms with Crippen LogP contribution >= 0.6 is 11.6 Å². The maximum absolute atomic E-state index is 12.4. The number of halogens is 1. The quantitative estimate of drug-likeness (QED) is 0.0538. The average Bonchev–Trinajstić information content (AvgIpc) is 3.43. The van der Waals surface area contributed by atoms with Crippen molar-refractivity contribution in [3.8, 4) is 5.75 Å². The number of benzene rings is 2. The van der Waals surface area contributed by atoms with E-state index in [1.54, 1.807) is 12.1 Å². The van der Waals surface area contributed by atoms with Gasteiger partial charge in [0.25, 0.3) is 10.1 Å². The van der Waals surface area contributed by atoms with Gasteiger partial charge in [-0.25, -0.2) is 0 Å². The van der Waals surface area contributed by atoms with Crippen molar-refractivity contribution < 1.29 is 32.0 Å². The van der Waals surface area contributed by atoms with Crippen LogP contribution in [0.3, 0.4) is 0 Å². The van der Waals surface area contributed by atoms with Crippen LogP contribution in [0.25, 0.3) is 0 Å². The van der Waals surface area contributed by atoms with Gasteiger partial charge in [0.05, 0.1) is 24.7 Å². The summed E-state index contributed by atoms with van der Waals surface area (Å²) in [4.78, 5) is 14.6. The summed E-state index contributed by atoms with van der Waals surface area (Å²) in [5, 5.41) is 6.52. The minimum absolute atomic E-state index is 0.00121. The van der Waals surface area contributed by atoms with E-state index >= 15 is 0 Å². The second-order valence-corrected chi connectivity index (χ2v) is 18.5. The van der Waals surface area contributed by atoms with E-state index in [0.29, 0.717) is 51.5 Å². The molecule has 2 heterocycles. The molecule has 2 aliphatic heterocycles. The Morgan fingerprint density at radius 1 is 0.983 bits per heavy atom. The van der Waals surface area contributed by atoms with Gasteiger partial charge in [0, 0.05) is 84.0 Å². The fourth-order valence-corrected chi connectivity index (χ4v) is 8.11. The van der Waals surface area contributed by atoms with Crippen molar-refractivity contribution in [2.75, 3.05) is 62.2 Å². The zero-order valence-electron chi connectivity index (χ0n) is 35.9. The number of allylic oxidation sites excluding steroid dienone is 6. The predicted molar refractivity (Wildman–Crippen MR) is 237 cm³/mol. The van der Waals surface area contributed by atoms with Crippen molar-refractivity contribution in [1.29, 1.82) is 0 Å². The number of fused-ring (bicyclic) bond motifs is 2. The van der Waals surface area contributed by atoms with E-state index < -0.39 is 15.5 Å². The normalized spacial score (nSPS) is 16.8. The molecule has 0 radical (unpaired) electrons. The first kappa shape index (κ1) is 47.3. The molecular formula is C46H68ClN3O7S. The Balaban J connectivity index is 1.35. The molecule has 0 aromatic heterocycles. The lowest BCUT2D eigenvalue weighted by atomic mass is 9.82. The van der Waals surface area contributed by atoms with Gasteiger partial charge in [0.15, 0.2) is 0 Å². The molecule has 0 bridgehead atoms. The highest BCUT2D eigenvalue weighted by Crippen LogP contribution is 2.47. The maximum Gasteiger partial charge on any atom is 0.294 e. The zero-order valence-corrected chi connectivity index (χ0v) is 37.5. The SMILES string of the molecule is CCN(CC)c1ccc2c(c1)OC(C(C)(C)C)=CC2C=CC=C1Nc2c(CCCCCC(=O)NCCOCCOCCCCCCCl)cc(S(=O)(=O)O)cc2C1(C)C. The summed E-state index contributed by atoms with van der Waals surface area (Å²) in [7, 11) is -4.43. The highest BCUT2D eigenvalue weighted by molar-refractivity contribution is 7.85. The van der Waals surface area contributed by atoms with Gasteiger partial charge in [-0.15, -0.1) is 11.6 Å². The maximum atomic E-state index is 12.4. The number of rotatable bonds is 24. The first-order valence-corrected chi connectivity index (χ1v) is 23.2. The van der Waals surface area contributed by atoms with E-state index in [2.05, 4.69) is 107 Å². The molecule has 1 atom stereocenters. The molecule has 4 rings (SSSR count). The molecule has 0 saturated carbocycles. The third kappa shape index (κ3) is 13.6. The van der Waals surface area contributed by atoms with Crippen LogP contribution in [-0.4, -0.2) is 70.8 Å². The molecule has 2 aromatic rings. The highest BCUT2D eigenvalue weighted by atomic mass is 35.5. The number of nitrogens with one attached hydrogen (secondary N) is 2. The molecule has 0 saturated heterocycles. The van der Waals surface area contributed by atoms with Gasteiger partial charge in [-0.05, 0) is 87.4 Å². The number of anilines is 2. The Kier molecular flexibility index (Phi) is 18.2. The predicted octanol–water partition coefficient (Wildman–Crippen LogP) is 10.1. The van der Waals surface area contributed by atoms with Gasteiger partial charge >= 0.3 is 0 Å². The Hall–Kier alpha value is -3.35. The highest BCUT2D eigenvalue weighted by Gasteiger charge is 2.37. The minimum Gasteiger partial charge on any atom is -0.461 e. The number of carbonyl (C=O) groups is 1. The largest absolute Gasteiger partial charge is 0.461 e. The van der Waals surface area contributed by atoms with Crippen LogP contribution in [0.4, 0.5) is 11.4 Å². The minimum atomic E-state index is -4.43. The van der Waals surface area contributed by atoms with Crippen molar-refractivity contribution in [1.82, 2.24) is 5.32 Å². The first-order valence-electron chi connectivity index (χ1n) is 21.2. The van der Waals surface area contributed by atoms with Gasteiger partial charge in [-0.2, -0.15) is 8.42 Å². The van der Waals surface area contributed by atoms with Crippen molar-refractivity contribution in [3.63, 3.8) is 0 Å². The molecular weight excluding hydrogens is 774 g/mol. The number of nitrogens with zero attached hydrogens (tertiary/aromatic N) is 1. The monoisotopic (exact) mass is 841 g/mol. The summed E-state index contributed by atoms with van der Waals surface area (Å²) in [5.74, 6) is 2.49. The zero-order chi connectivity index (χ0) is 42.3. The number of unbranched alkanes of at least 4 members (excludes halogenated alkanes) is 5. The molecule has 58 heavy (non-hydrogen) atoms. The van der Waals surface area contributed by atoms with Crippen LogP contribution in [0.15, 0.2) is 71.0 Å². The number of alkyl halides is 1. The van der Waals surface area contributed by atoms with E-state index in [1.165, 1.54) is 0 Å². The molecule has 1 amide bonds. The molecule has 0 fully saturated rings. The summed E-state index contributed by atoms with van der Waals surface area (Å²) < 4.78 is 52.6. The second kappa shape index (κ2) is 22.3. The summed E-state index contributed by atoms with van der Waals surface area (Å²) in [5.41, 5.74) is 4.96. The number of amides is 1. The smallest absolute Gasteiger partial charge is 0.294 e. The van der Waals surface area contributed by atoms with E-state index in [1.807, 2.05) is 0 Å². The lowest BCUT2D eigenvalue weighted by Gasteiger charge is -2.31. The third-order valence-corrected chi connectivity index (χ3v) is 12.0.